The second kappa shape index (κ2) is 13.0. The normalized spacial score (nSPS) is 11.8. The van der Waals surface area contributed by atoms with E-state index >= 15 is 0 Å². The summed E-state index contributed by atoms with van der Waals surface area (Å²) in [5.74, 6) is 0.660. The number of unbranched alkanes of at least 4 members (excludes halogenated alkanes) is 3. The molecule has 0 rings (SSSR count). The van der Waals surface area contributed by atoms with Gasteiger partial charge < -0.3 is 10.2 Å². The summed E-state index contributed by atoms with van der Waals surface area (Å²) in [5.41, 5.74) is 0. The van der Waals surface area contributed by atoms with E-state index in [2.05, 4.69) is 28.6 Å². The van der Waals surface area contributed by atoms with Gasteiger partial charge >= 0.3 is 12.1 Å². The molecular formula is C16H30N4O2S. The van der Waals surface area contributed by atoms with E-state index in [4.69, 9.17) is 0 Å². The fourth-order valence-corrected chi connectivity index (χ4v) is 2.20. The summed E-state index contributed by atoms with van der Waals surface area (Å²) in [6.45, 7) is 5.92. The number of hydrogen-bond acceptors (Lipinski definition) is 3. The minimum absolute atomic E-state index is 0.0178. The van der Waals surface area contributed by atoms with E-state index in [0.29, 0.717) is 10.9 Å². The zero-order chi connectivity index (χ0) is 17.7. The van der Waals surface area contributed by atoms with Crippen LogP contribution in [0.2, 0.25) is 0 Å². The molecule has 0 aliphatic rings. The van der Waals surface area contributed by atoms with Gasteiger partial charge in [0.2, 0.25) is 0 Å². The quantitative estimate of drug-likeness (QED) is 0.321. The molecule has 7 heteroatoms. The van der Waals surface area contributed by atoms with Crippen molar-refractivity contribution in [3.63, 3.8) is 0 Å². The van der Waals surface area contributed by atoms with Crippen LogP contribution in [0.5, 0.6) is 0 Å². The number of thioether (sulfide) groups is 1. The molecule has 0 saturated heterocycles. The van der Waals surface area contributed by atoms with Gasteiger partial charge in [0.25, 0.3) is 0 Å². The first-order valence-electron chi connectivity index (χ1n) is 8.02. The molecule has 2 N–H and O–H groups in total. The minimum atomic E-state index is -0.399. The Morgan fingerprint density at radius 3 is 2.48 bits per heavy atom. The lowest BCUT2D eigenvalue weighted by molar-refractivity contribution is 0.227. The molecule has 0 aliphatic heterocycles. The first-order valence-corrected chi connectivity index (χ1v) is 9.00. The average Bonchev–Trinajstić information content (AvgIpc) is 2.44. The molecular weight excluding hydrogens is 312 g/mol. The molecule has 0 aliphatic carbocycles. The molecule has 6 nitrogen and oxygen atoms in total. The first kappa shape index (κ1) is 21.5. The molecule has 0 saturated carbocycles. The van der Waals surface area contributed by atoms with E-state index in [0.717, 1.165) is 6.42 Å². The van der Waals surface area contributed by atoms with Gasteiger partial charge in [-0.1, -0.05) is 43.7 Å². The standard InChI is InChI=1S/C16H30N4O2S/c1-6-7-8-9-10-11-12-23-15(19-16(22)20(4)5)18-14(21)17-13(2)3/h10-11,13H,6-9,12H2,1-5H3,(H2,17,18,19,21,22). The Bertz CT molecular complexity index is 420. The largest absolute Gasteiger partial charge is 0.345 e. The third-order valence-corrected chi connectivity index (χ3v) is 3.50. The third kappa shape index (κ3) is 12.7. The molecule has 132 valence electrons. The summed E-state index contributed by atoms with van der Waals surface area (Å²) in [6, 6.07) is -0.738. The number of allylic oxidation sites excluding steroid dienone is 1. The van der Waals surface area contributed by atoms with Crippen molar-refractivity contribution >= 4 is 29.0 Å². The monoisotopic (exact) mass is 342 g/mol. The predicted octanol–water partition coefficient (Wildman–Crippen LogP) is 3.60. The van der Waals surface area contributed by atoms with Gasteiger partial charge in [-0.05, 0) is 26.7 Å². The average molecular weight is 343 g/mol. The highest BCUT2D eigenvalue weighted by Gasteiger charge is 2.10. The molecule has 23 heavy (non-hydrogen) atoms. The Morgan fingerprint density at radius 2 is 1.91 bits per heavy atom. The second-order valence-electron chi connectivity index (χ2n) is 5.63. The zero-order valence-corrected chi connectivity index (χ0v) is 15.7. The van der Waals surface area contributed by atoms with Gasteiger partial charge in [-0.2, -0.15) is 4.99 Å². The van der Waals surface area contributed by atoms with E-state index in [9.17, 15) is 9.59 Å². The van der Waals surface area contributed by atoms with Crippen molar-refractivity contribution in [3.8, 4) is 0 Å². The van der Waals surface area contributed by atoms with Gasteiger partial charge in [-0.25, -0.2) is 9.59 Å². The summed E-state index contributed by atoms with van der Waals surface area (Å²) in [5, 5.41) is 5.65. The second-order valence-corrected chi connectivity index (χ2v) is 6.63. The van der Waals surface area contributed by atoms with Gasteiger partial charge in [0, 0.05) is 25.9 Å². The molecule has 0 aromatic rings. The fraction of sp³-hybridized carbons (Fsp3) is 0.688. The number of carbonyl (C=O) groups excluding carboxylic acids is 2. The lowest BCUT2D eigenvalue weighted by Gasteiger charge is -2.12. The number of amidine groups is 1. The number of hydrogen-bond donors (Lipinski definition) is 2. The minimum Gasteiger partial charge on any atom is -0.336 e. The van der Waals surface area contributed by atoms with Crippen molar-refractivity contribution in [2.45, 2.75) is 52.5 Å². The maximum Gasteiger partial charge on any atom is 0.345 e. The number of nitrogens with one attached hydrogen (secondary N) is 2. The SMILES string of the molecule is CCCCCC=CCSC(=NC(=O)N(C)C)NC(=O)NC(C)C. The van der Waals surface area contributed by atoms with Crippen molar-refractivity contribution in [2.75, 3.05) is 19.8 Å². The Morgan fingerprint density at radius 1 is 1.22 bits per heavy atom. The van der Waals surface area contributed by atoms with Crippen LogP contribution in [0.1, 0.15) is 46.5 Å². The van der Waals surface area contributed by atoms with Crippen molar-refractivity contribution < 1.29 is 9.59 Å². The van der Waals surface area contributed by atoms with Crippen LogP contribution in [0.3, 0.4) is 0 Å². The lowest BCUT2D eigenvalue weighted by atomic mass is 10.2. The molecule has 4 amide bonds. The molecule has 0 bridgehead atoms. The number of carbonyl (C=O) groups is 2. The molecule has 0 fully saturated rings. The molecule has 0 aromatic carbocycles. The molecule has 0 aromatic heterocycles. The van der Waals surface area contributed by atoms with E-state index in [-0.39, 0.29) is 12.1 Å². The topological polar surface area (TPSA) is 73.8 Å². The third-order valence-electron chi connectivity index (χ3n) is 2.68. The van der Waals surface area contributed by atoms with Crippen LogP contribution in [0.4, 0.5) is 9.59 Å². The van der Waals surface area contributed by atoms with E-state index < -0.39 is 6.03 Å². The highest BCUT2D eigenvalue weighted by Crippen LogP contribution is 2.06. The van der Waals surface area contributed by atoms with Crippen LogP contribution in [-0.4, -0.2) is 48.0 Å². The van der Waals surface area contributed by atoms with Gasteiger partial charge in [0.15, 0.2) is 5.17 Å². The van der Waals surface area contributed by atoms with Crippen molar-refractivity contribution in [1.29, 1.82) is 0 Å². The van der Waals surface area contributed by atoms with E-state index in [1.807, 2.05) is 19.9 Å². The van der Waals surface area contributed by atoms with Gasteiger partial charge in [-0.15, -0.1) is 0 Å². The Hall–Kier alpha value is -1.50. The van der Waals surface area contributed by atoms with E-state index in [1.54, 1.807) is 14.1 Å². The maximum absolute atomic E-state index is 11.8. The molecule has 0 heterocycles. The Balaban J connectivity index is 4.49. The highest BCUT2D eigenvalue weighted by molar-refractivity contribution is 8.14. The van der Waals surface area contributed by atoms with Gasteiger partial charge in [-0.3, -0.25) is 5.32 Å². The summed E-state index contributed by atoms with van der Waals surface area (Å²) >= 11 is 1.33. The summed E-state index contributed by atoms with van der Waals surface area (Å²) < 4.78 is 0. The highest BCUT2D eigenvalue weighted by atomic mass is 32.2. The fourth-order valence-electron chi connectivity index (χ4n) is 1.50. The number of aliphatic imine (C=N–C) groups is 1. The van der Waals surface area contributed by atoms with E-state index in [1.165, 1.54) is 35.9 Å². The van der Waals surface area contributed by atoms with Crippen LogP contribution in [-0.2, 0) is 0 Å². The van der Waals surface area contributed by atoms with Crippen LogP contribution in [0.15, 0.2) is 17.1 Å². The summed E-state index contributed by atoms with van der Waals surface area (Å²) in [7, 11) is 3.24. The predicted molar refractivity (Wildman–Crippen MR) is 99.1 cm³/mol. The Kier molecular flexibility index (Phi) is 12.1. The maximum atomic E-state index is 11.8. The smallest absolute Gasteiger partial charge is 0.336 e. The van der Waals surface area contributed by atoms with Crippen LogP contribution >= 0.6 is 11.8 Å². The Labute approximate surface area is 144 Å². The molecule has 0 spiro atoms. The van der Waals surface area contributed by atoms with Gasteiger partial charge in [0.05, 0.1) is 0 Å². The van der Waals surface area contributed by atoms with Gasteiger partial charge in [0.1, 0.15) is 0 Å². The van der Waals surface area contributed by atoms with Crippen molar-refractivity contribution in [3.05, 3.63) is 12.2 Å². The number of rotatable bonds is 7. The summed E-state index contributed by atoms with van der Waals surface area (Å²) in [6.07, 6.45) is 8.85. The molecule has 0 atom stereocenters. The molecule has 0 radical (unpaired) electrons. The molecule has 0 unspecified atom stereocenters. The zero-order valence-electron chi connectivity index (χ0n) is 14.9. The van der Waals surface area contributed by atoms with Crippen LogP contribution in [0, 0.1) is 0 Å². The number of urea groups is 2. The first-order chi connectivity index (χ1) is 10.9. The number of nitrogens with zero attached hydrogens (tertiary/aromatic N) is 2. The van der Waals surface area contributed by atoms with Crippen molar-refractivity contribution in [2.24, 2.45) is 4.99 Å². The van der Waals surface area contributed by atoms with Crippen LogP contribution in [0.25, 0.3) is 0 Å². The van der Waals surface area contributed by atoms with Crippen LogP contribution < -0.4 is 10.6 Å². The van der Waals surface area contributed by atoms with Crippen molar-refractivity contribution in [1.82, 2.24) is 15.5 Å². The lowest BCUT2D eigenvalue weighted by Crippen LogP contribution is -2.42. The number of amides is 4. The summed E-state index contributed by atoms with van der Waals surface area (Å²) in [4.78, 5) is 28.8.